The quantitative estimate of drug-likeness (QED) is 0.423. The van der Waals surface area contributed by atoms with E-state index in [1.165, 1.54) is 6.08 Å². The summed E-state index contributed by atoms with van der Waals surface area (Å²) < 4.78 is 5.34. The molecule has 1 aliphatic rings. The van der Waals surface area contributed by atoms with Crippen molar-refractivity contribution < 1.29 is 19.1 Å². The van der Waals surface area contributed by atoms with Gasteiger partial charge in [-0.1, -0.05) is 76.2 Å². The maximum Gasteiger partial charge on any atom is 0.330 e. The SMILES string of the molecule is CC(C)c1ccc(C(=O)C2C(=O)C=C(c3ccc(C(C)C)cc3)OC2=O)cc1. The van der Waals surface area contributed by atoms with Crippen LogP contribution >= 0.6 is 0 Å². The second-order valence-electron chi connectivity index (χ2n) is 7.68. The smallest absolute Gasteiger partial charge is 0.330 e. The topological polar surface area (TPSA) is 60.4 Å². The van der Waals surface area contributed by atoms with Gasteiger partial charge in [0.15, 0.2) is 17.5 Å². The first-order valence-electron chi connectivity index (χ1n) is 9.49. The van der Waals surface area contributed by atoms with E-state index in [4.69, 9.17) is 4.74 Å². The molecule has 0 amide bonds. The van der Waals surface area contributed by atoms with Crippen molar-refractivity contribution >= 4 is 23.3 Å². The summed E-state index contributed by atoms with van der Waals surface area (Å²) >= 11 is 0. The lowest BCUT2D eigenvalue weighted by atomic mass is 9.90. The molecule has 0 saturated carbocycles. The predicted molar refractivity (Wildman–Crippen MR) is 108 cm³/mol. The van der Waals surface area contributed by atoms with Crippen LogP contribution in [0.2, 0.25) is 0 Å². The number of allylic oxidation sites excluding steroid dienone is 1. The first-order chi connectivity index (χ1) is 13.3. The van der Waals surface area contributed by atoms with E-state index >= 15 is 0 Å². The minimum atomic E-state index is -1.44. The van der Waals surface area contributed by atoms with E-state index in [-0.39, 0.29) is 5.76 Å². The molecule has 2 aromatic carbocycles. The molecule has 144 valence electrons. The fourth-order valence-electron chi connectivity index (χ4n) is 3.14. The standard InChI is InChI=1S/C24H24O4/c1-14(2)16-5-9-18(10-6-16)21-13-20(25)22(24(27)28-21)23(26)19-11-7-17(8-12-19)15(3)4/h5-15,22H,1-4H3. The minimum absolute atomic E-state index is 0.185. The van der Waals surface area contributed by atoms with Crippen molar-refractivity contribution in [2.75, 3.05) is 0 Å². The predicted octanol–water partition coefficient (Wildman–Crippen LogP) is 4.90. The van der Waals surface area contributed by atoms with Crippen molar-refractivity contribution in [2.24, 2.45) is 5.92 Å². The zero-order valence-corrected chi connectivity index (χ0v) is 16.6. The van der Waals surface area contributed by atoms with Crippen LogP contribution in [0, 0.1) is 5.92 Å². The lowest BCUT2D eigenvalue weighted by Gasteiger charge is -2.20. The van der Waals surface area contributed by atoms with Gasteiger partial charge in [-0.25, -0.2) is 0 Å². The first kappa shape index (κ1) is 19.7. The Morgan fingerprint density at radius 2 is 1.32 bits per heavy atom. The third-order valence-corrected chi connectivity index (χ3v) is 4.99. The van der Waals surface area contributed by atoms with Crippen molar-refractivity contribution in [1.29, 1.82) is 0 Å². The number of esters is 1. The molecule has 0 aliphatic carbocycles. The normalized spacial score (nSPS) is 16.9. The van der Waals surface area contributed by atoms with Crippen LogP contribution in [0.5, 0.6) is 0 Å². The van der Waals surface area contributed by atoms with Crippen molar-refractivity contribution in [2.45, 2.75) is 39.5 Å². The van der Waals surface area contributed by atoms with E-state index in [0.717, 1.165) is 11.1 Å². The summed E-state index contributed by atoms with van der Waals surface area (Å²) in [6, 6.07) is 14.5. The molecule has 1 heterocycles. The van der Waals surface area contributed by atoms with Crippen LogP contribution in [0.15, 0.2) is 54.6 Å². The van der Waals surface area contributed by atoms with E-state index in [9.17, 15) is 14.4 Å². The van der Waals surface area contributed by atoms with E-state index in [1.54, 1.807) is 12.1 Å². The van der Waals surface area contributed by atoms with Gasteiger partial charge in [-0.15, -0.1) is 0 Å². The molecule has 4 nitrogen and oxygen atoms in total. The summed E-state index contributed by atoms with van der Waals surface area (Å²) in [7, 11) is 0. The molecule has 0 spiro atoms. The lowest BCUT2D eigenvalue weighted by Crippen LogP contribution is -2.35. The van der Waals surface area contributed by atoms with Gasteiger partial charge in [0.1, 0.15) is 5.76 Å². The van der Waals surface area contributed by atoms with Gasteiger partial charge in [0, 0.05) is 17.2 Å². The van der Waals surface area contributed by atoms with Crippen LogP contribution in [-0.4, -0.2) is 17.5 Å². The molecule has 1 aliphatic heterocycles. The van der Waals surface area contributed by atoms with Crippen molar-refractivity contribution in [1.82, 2.24) is 0 Å². The van der Waals surface area contributed by atoms with Crippen LogP contribution < -0.4 is 0 Å². The monoisotopic (exact) mass is 376 g/mol. The van der Waals surface area contributed by atoms with Crippen molar-refractivity contribution in [3.63, 3.8) is 0 Å². The van der Waals surface area contributed by atoms with Crippen LogP contribution in [-0.2, 0) is 14.3 Å². The van der Waals surface area contributed by atoms with Gasteiger partial charge in [0.25, 0.3) is 0 Å². The maximum absolute atomic E-state index is 12.7. The van der Waals surface area contributed by atoms with E-state index in [2.05, 4.69) is 27.7 Å². The number of benzene rings is 2. The number of carbonyl (C=O) groups is 3. The number of cyclic esters (lactones) is 1. The molecule has 3 rings (SSSR count). The summed E-state index contributed by atoms with van der Waals surface area (Å²) in [5.41, 5.74) is 3.20. The molecular weight excluding hydrogens is 352 g/mol. The maximum atomic E-state index is 12.7. The number of hydrogen-bond acceptors (Lipinski definition) is 4. The molecule has 1 atom stereocenters. The first-order valence-corrected chi connectivity index (χ1v) is 9.49. The Hall–Kier alpha value is -3.01. The summed E-state index contributed by atoms with van der Waals surface area (Å²) in [4.78, 5) is 37.7. The van der Waals surface area contributed by atoms with E-state index in [1.807, 2.05) is 36.4 Å². The second kappa shape index (κ2) is 7.93. The van der Waals surface area contributed by atoms with Gasteiger partial charge in [-0.3, -0.25) is 14.4 Å². The highest BCUT2D eigenvalue weighted by molar-refractivity contribution is 6.28. The highest BCUT2D eigenvalue weighted by atomic mass is 16.5. The molecular formula is C24H24O4. The molecule has 4 heteroatoms. The molecule has 28 heavy (non-hydrogen) atoms. The zero-order chi connectivity index (χ0) is 20.4. The Labute approximate surface area is 165 Å². The van der Waals surface area contributed by atoms with Gasteiger partial charge in [-0.05, 0) is 23.0 Å². The lowest BCUT2D eigenvalue weighted by molar-refractivity contribution is -0.143. The second-order valence-corrected chi connectivity index (χ2v) is 7.68. The molecule has 0 bridgehead atoms. The number of Topliss-reactive ketones (excluding diaryl/α,β-unsaturated/α-hetero) is 1. The summed E-state index contributed by atoms with van der Waals surface area (Å²) in [6.45, 7) is 8.28. The fraction of sp³-hybridized carbons (Fsp3) is 0.292. The minimum Gasteiger partial charge on any atom is -0.425 e. The Bertz CT molecular complexity index is 932. The van der Waals surface area contributed by atoms with E-state index < -0.39 is 23.5 Å². The zero-order valence-electron chi connectivity index (χ0n) is 16.6. The molecule has 0 fully saturated rings. The van der Waals surface area contributed by atoms with Crippen LogP contribution in [0.4, 0.5) is 0 Å². The largest absolute Gasteiger partial charge is 0.425 e. The molecule has 1 unspecified atom stereocenters. The fourth-order valence-corrected chi connectivity index (χ4v) is 3.14. The molecule has 0 N–H and O–H groups in total. The number of ketones is 2. The van der Waals surface area contributed by atoms with Gasteiger partial charge in [0.05, 0.1) is 0 Å². The van der Waals surface area contributed by atoms with Gasteiger partial charge < -0.3 is 4.74 Å². The third kappa shape index (κ3) is 3.96. The van der Waals surface area contributed by atoms with E-state index in [0.29, 0.717) is 23.0 Å². The molecule has 0 saturated heterocycles. The number of hydrogen-bond donors (Lipinski definition) is 0. The van der Waals surface area contributed by atoms with Crippen molar-refractivity contribution in [3.8, 4) is 0 Å². The number of ether oxygens (including phenoxy) is 1. The van der Waals surface area contributed by atoms with Crippen molar-refractivity contribution in [3.05, 3.63) is 76.9 Å². The summed E-state index contributed by atoms with van der Waals surface area (Å²) in [5.74, 6) is -2.45. The Balaban J connectivity index is 1.83. The van der Waals surface area contributed by atoms with Crippen LogP contribution in [0.3, 0.4) is 0 Å². The average Bonchev–Trinajstić information content (AvgIpc) is 2.67. The summed E-state index contributed by atoms with van der Waals surface area (Å²) in [6.07, 6.45) is 1.25. The third-order valence-electron chi connectivity index (χ3n) is 4.99. The summed E-state index contributed by atoms with van der Waals surface area (Å²) in [5, 5.41) is 0. The molecule has 0 aromatic heterocycles. The molecule has 0 radical (unpaired) electrons. The Kier molecular flexibility index (Phi) is 5.59. The Morgan fingerprint density at radius 3 is 1.79 bits per heavy atom. The van der Waals surface area contributed by atoms with Crippen LogP contribution in [0.1, 0.15) is 66.6 Å². The average molecular weight is 376 g/mol. The van der Waals surface area contributed by atoms with Gasteiger partial charge in [-0.2, -0.15) is 0 Å². The highest BCUT2D eigenvalue weighted by Gasteiger charge is 2.39. The van der Waals surface area contributed by atoms with Gasteiger partial charge >= 0.3 is 5.97 Å². The van der Waals surface area contributed by atoms with Gasteiger partial charge in [0.2, 0.25) is 0 Å². The number of rotatable bonds is 5. The van der Waals surface area contributed by atoms with Crippen LogP contribution in [0.25, 0.3) is 5.76 Å². The molecule has 2 aromatic rings. The Morgan fingerprint density at radius 1 is 0.821 bits per heavy atom. The highest BCUT2D eigenvalue weighted by Crippen LogP contribution is 2.27. The number of carbonyl (C=O) groups excluding carboxylic acids is 3.